The van der Waals surface area contributed by atoms with Crippen LogP contribution in [0.5, 0.6) is 11.5 Å². The number of hydrogen-bond acceptors (Lipinski definition) is 8. The number of aromatic nitrogens is 1. The molecule has 216 valence electrons. The molecule has 13 nitrogen and oxygen atoms in total. The van der Waals surface area contributed by atoms with Gasteiger partial charge in [0.15, 0.2) is 0 Å². The van der Waals surface area contributed by atoms with E-state index in [-0.39, 0.29) is 22.8 Å². The highest BCUT2D eigenvalue weighted by atomic mass is 35.5. The fourth-order valence-electron chi connectivity index (χ4n) is 4.61. The first-order valence-corrected chi connectivity index (χ1v) is 12.9. The second-order valence-electron chi connectivity index (χ2n) is 9.36. The molecule has 1 saturated heterocycles. The molecule has 1 aromatic heterocycles. The van der Waals surface area contributed by atoms with Crippen molar-refractivity contribution in [2.24, 2.45) is 0 Å². The highest BCUT2D eigenvalue weighted by Gasteiger charge is 2.37. The average Bonchev–Trinajstić information content (AvgIpc) is 3.24. The fourth-order valence-corrected chi connectivity index (χ4v) is 4.73. The zero-order chi connectivity index (χ0) is 31.0. The summed E-state index contributed by atoms with van der Waals surface area (Å²) in [5, 5.41) is 25.0. The molecule has 0 aliphatic carbocycles. The van der Waals surface area contributed by atoms with E-state index in [0.29, 0.717) is 22.0 Å². The zero-order valence-electron chi connectivity index (χ0n) is 22.4. The largest absolute Gasteiger partial charge is 0.450 e. The number of carbonyl (C=O) groups excluding carboxylic acids is 3. The van der Waals surface area contributed by atoms with Crippen molar-refractivity contribution in [1.29, 1.82) is 0 Å². The Bertz CT molecular complexity index is 1860. The summed E-state index contributed by atoms with van der Waals surface area (Å²) in [6, 6.07) is 16.6. The number of benzene rings is 3. The molecule has 0 spiro atoms. The number of non-ortho nitro benzene ring substituents is 1. The van der Waals surface area contributed by atoms with E-state index in [1.165, 1.54) is 30.3 Å². The van der Waals surface area contributed by atoms with Gasteiger partial charge in [-0.3, -0.25) is 35.1 Å². The van der Waals surface area contributed by atoms with Crippen molar-refractivity contribution in [3.05, 3.63) is 121 Å². The van der Waals surface area contributed by atoms with Crippen LogP contribution in [0, 0.1) is 34.1 Å². The van der Waals surface area contributed by atoms with Gasteiger partial charge in [-0.1, -0.05) is 11.6 Å². The molecule has 0 atom stereocenters. The van der Waals surface area contributed by atoms with E-state index in [1.54, 1.807) is 37.3 Å². The molecule has 0 radical (unpaired) electrons. The first-order chi connectivity index (χ1) is 20.4. The van der Waals surface area contributed by atoms with Crippen LogP contribution in [-0.2, 0) is 9.59 Å². The minimum absolute atomic E-state index is 0.160. The third-order valence-electron chi connectivity index (χ3n) is 6.63. The summed E-state index contributed by atoms with van der Waals surface area (Å²) < 4.78 is 7.50. The Morgan fingerprint density at radius 1 is 0.860 bits per heavy atom. The van der Waals surface area contributed by atoms with Gasteiger partial charge < -0.3 is 9.30 Å². The Kier molecular flexibility index (Phi) is 7.49. The van der Waals surface area contributed by atoms with Crippen molar-refractivity contribution in [1.82, 2.24) is 9.88 Å². The molecular weight excluding hydrogens is 582 g/mol. The molecule has 0 bridgehead atoms. The van der Waals surface area contributed by atoms with Gasteiger partial charge in [0, 0.05) is 28.2 Å². The SMILES string of the molecule is Cc1cc(/C=C2\C(=O)NC(=O)N(c3ccc(Cl)cc3)C2=O)c(C)n1-c1ccc(Oc2ccc([N+](=O)[O-])cc2[N+](=O)[O-])cc1. The number of imide groups is 2. The van der Waals surface area contributed by atoms with Crippen LogP contribution < -0.4 is 15.0 Å². The van der Waals surface area contributed by atoms with Crippen molar-refractivity contribution in [3.63, 3.8) is 0 Å². The van der Waals surface area contributed by atoms with E-state index in [2.05, 4.69) is 5.32 Å². The molecular formula is C29H20ClN5O8. The summed E-state index contributed by atoms with van der Waals surface area (Å²) >= 11 is 5.92. The maximum absolute atomic E-state index is 13.3. The molecule has 1 aliphatic heterocycles. The molecule has 3 aromatic carbocycles. The third-order valence-corrected chi connectivity index (χ3v) is 6.88. The van der Waals surface area contributed by atoms with Crippen molar-refractivity contribution in [2.45, 2.75) is 13.8 Å². The van der Waals surface area contributed by atoms with E-state index >= 15 is 0 Å². The summed E-state index contributed by atoms with van der Waals surface area (Å²) in [6.45, 7) is 3.61. The van der Waals surface area contributed by atoms with Crippen LogP contribution in [0.1, 0.15) is 17.0 Å². The number of rotatable bonds is 7. The second-order valence-corrected chi connectivity index (χ2v) is 9.79. The van der Waals surface area contributed by atoms with Crippen molar-refractivity contribution in [3.8, 4) is 17.2 Å². The number of nitrogens with one attached hydrogen (secondary N) is 1. The van der Waals surface area contributed by atoms with Gasteiger partial charge in [-0.15, -0.1) is 0 Å². The molecule has 5 rings (SSSR count). The molecule has 1 fully saturated rings. The van der Waals surface area contributed by atoms with Gasteiger partial charge in [0.05, 0.1) is 21.6 Å². The Labute approximate surface area is 247 Å². The van der Waals surface area contributed by atoms with Gasteiger partial charge in [0.2, 0.25) is 5.75 Å². The lowest BCUT2D eigenvalue weighted by Gasteiger charge is -2.26. The number of amides is 4. The average molecular weight is 602 g/mol. The normalized spacial score (nSPS) is 14.2. The molecule has 1 aliphatic rings. The monoisotopic (exact) mass is 601 g/mol. The van der Waals surface area contributed by atoms with Crippen LogP contribution in [0.3, 0.4) is 0 Å². The number of nitro groups is 2. The number of hydrogen-bond donors (Lipinski definition) is 1. The Morgan fingerprint density at radius 2 is 1.51 bits per heavy atom. The summed E-state index contributed by atoms with van der Waals surface area (Å²) in [7, 11) is 0. The number of carbonyl (C=O) groups is 3. The number of nitro benzene ring substituents is 2. The van der Waals surface area contributed by atoms with Crippen LogP contribution in [0.2, 0.25) is 5.02 Å². The van der Waals surface area contributed by atoms with E-state index in [9.17, 15) is 34.6 Å². The summed E-state index contributed by atoms with van der Waals surface area (Å²) in [5.74, 6) is -1.52. The van der Waals surface area contributed by atoms with E-state index < -0.39 is 39.1 Å². The predicted octanol–water partition coefficient (Wildman–Crippen LogP) is 6.02. The number of ether oxygens (including phenoxy) is 1. The zero-order valence-corrected chi connectivity index (χ0v) is 23.2. The minimum atomic E-state index is -0.874. The molecule has 4 aromatic rings. The van der Waals surface area contributed by atoms with E-state index in [0.717, 1.165) is 28.8 Å². The predicted molar refractivity (Wildman–Crippen MR) is 156 cm³/mol. The van der Waals surface area contributed by atoms with Gasteiger partial charge in [-0.2, -0.15) is 0 Å². The number of halogens is 1. The van der Waals surface area contributed by atoms with Gasteiger partial charge in [0.25, 0.3) is 17.5 Å². The first kappa shape index (κ1) is 28.7. The molecule has 1 N–H and O–H groups in total. The van der Waals surface area contributed by atoms with Gasteiger partial charge in [-0.05, 0) is 86.2 Å². The summed E-state index contributed by atoms with van der Waals surface area (Å²) in [5.41, 5.74) is 1.71. The van der Waals surface area contributed by atoms with Crippen LogP contribution in [0.25, 0.3) is 11.8 Å². The second kappa shape index (κ2) is 11.2. The third kappa shape index (κ3) is 5.56. The fraction of sp³-hybridized carbons (Fsp3) is 0.0690. The number of aryl methyl sites for hydroxylation is 1. The molecule has 4 amide bonds. The van der Waals surface area contributed by atoms with Crippen LogP contribution in [0.4, 0.5) is 21.9 Å². The van der Waals surface area contributed by atoms with Crippen LogP contribution in [0.15, 0.2) is 78.4 Å². The lowest BCUT2D eigenvalue weighted by atomic mass is 10.1. The Hall–Kier alpha value is -5.82. The van der Waals surface area contributed by atoms with Gasteiger partial charge in [0.1, 0.15) is 11.3 Å². The maximum Gasteiger partial charge on any atom is 0.335 e. The molecule has 0 unspecified atom stereocenters. The smallest absolute Gasteiger partial charge is 0.335 e. The molecule has 0 saturated carbocycles. The minimum Gasteiger partial charge on any atom is -0.450 e. The van der Waals surface area contributed by atoms with Gasteiger partial charge >= 0.3 is 11.7 Å². The highest BCUT2D eigenvalue weighted by Crippen LogP contribution is 2.35. The maximum atomic E-state index is 13.3. The topological polar surface area (TPSA) is 167 Å². The summed E-state index contributed by atoms with van der Waals surface area (Å²) in [6.07, 6.45) is 1.41. The first-order valence-electron chi connectivity index (χ1n) is 12.5. The number of barbiturate groups is 1. The van der Waals surface area contributed by atoms with Crippen LogP contribution in [-0.4, -0.2) is 32.3 Å². The molecule has 2 heterocycles. The number of urea groups is 1. The lowest BCUT2D eigenvalue weighted by molar-refractivity contribution is -0.394. The van der Waals surface area contributed by atoms with Crippen LogP contribution >= 0.6 is 11.6 Å². The van der Waals surface area contributed by atoms with E-state index in [4.69, 9.17) is 16.3 Å². The van der Waals surface area contributed by atoms with Crippen molar-refractivity contribution < 1.29 is 29.0 Å². The quantitative estimate of drug-likeness (QED) is 0.116. The number of nitrogens with zero attached hydrogens (tertiary/aromatic N) is 4. The van der Waals surface area contributed by atoms with Crippen molar-refractivity contribution >= 4 is 52.6 Å². The summed E-state index contributed by atoms with van der Waals surface area (Å²) in [4.78, 5) is 60.2. The molecule has 14 heteroatoms. The Morgan fingerprint density at radius 3 is 2.14 bits per heavy atom. The van der Waals surface area contributed by atoms with Gasteiger partial charge in [-0.25, -0.2) is 9.69 Å². The van der Waals surface area contributed by atoms with Crippen molar-refractivity contribution in [2.75, 3.05) is 4.90 Å². The molecule has 43 heavy (non-hydrogen) atoms. The number of anilines is 1. The van der Waals surface area contributed by atoms with E-state index in [1.807, 2.05) is 11.5 Å². The standard InChI is InChI=1S/C29H20ClN5O8/c1-16-13-18(14-24-27(36)31-29(38)33(28(24)37)21-5-3-19(30)4-6-21)17(2)32(16)20-7-10-23(11-8-20)43-26-12-9-22(34(39)40)15-25(26)35(41)42/h3-15H,1-2H3,(H,31,36,38)/b24-14+. The lowest BCUT2D eigenvalue weighted by Crippen LogP contribution is -2.54. The highest BCUT2D eigenvalue weighted by molar-refractivity contribution is 6.39. The Balaban J connectivity index is 1.43.